The van der Waals surface area contributed by atoms with E-state index in [1.807, 2.05) is 24.4 Å². The summed E-state index contributed by atoms with van der Waals surface area (Å²) in [6, 6.07) is 8.06. The quantitative estimate of drug-likeness (QED) is 0.739. The molecule has 2 heteroatoms. The Bertz CT molecular complexity index is 488. The second kappa shape index (κ2) is 2.55. The first-order valence-corrected chi connectivity index (χ1v) is 4.85. The molecule has 1 heterocycles. The van der Waals surface area contributed by atoms with E-state index < -0.39 is 5.60 Å². The lowest BCUT2D eigenvalue weighted by Gasteiger charge is -2.08. The van der Waals surface area contributed by atoms with E-state index in [-0.39, 0.29) is 0 Å². The van der Waals surface area contributed by atoms with Gasteiger partial charge in [-0.25, -0.2) is 0 Å². The Morgan fingerprint density at radius 2 is 2.00 bits per heavy atom. The van der Waals surface area contributed by atoms with Gasteiger partial charge in [0.15, 0.2) is 0 Å². The third-order valence-corrected chi connectivity index (χ3v) is 2.90. The van der Waals surface area contributed by atoms with E-state index in [1.165, 1.54) is 0 Å². The molecule has 0 saturated heterocycles. The van der Waals surface area contributed by atoms with Crippen molar-refractivity contribution < 1.29 is 5.11 Å². The summed E-state index contributed by atoms with van der Waals surface area (Å²) in [5, 5.41) is 12.2. The molecular weight excluding hydrogens is 174 g/mol. The van der Waals surface area contributed by atoms with Gasteiger partial charge < -0.3 is 5.11 Å². The highest BCUT2D eigenvalue weighted by atomic mass is 16.3. The van der Waals surface area contributed by atoms with Crippen LogP contribution in [0.2, 0.25) is 0 Å². The minimum Gasteiger partial charge on any atom is -0.385 e. The zero-order valence-electron chi connectivity index (χ0n) is 7.77. The molecule has 1 N–H and O–H groups in total. The van der Waals surface area contributed by atoms with Crippen LogP contribution in [0, 0.1) is 0 Å². The van der Waals surface area contributed by atoms with Crippen LogP contribution in [-0.4, -0.2) is 10.1 Å². The van der Waals surface area contributed by atoms with E-state index in [2.05, 4.69) is 11.1 Å². The molecule has 0 spiro atoms. The largest absolute Gasteiger partial charge is 0.385 e. The summed E-state index contributed by atoms with van der Waals surface area (Å²) < 4.78 is 0. The number of pyridine rings is 1. The van der Waals surface area contributed by atoms with Gasteiger partial charge in [-0.15, -0.1) is 0 Å². The van der Waals surface area contributed by atoms with Crippen LogP contribution in [-0.2, 0) is 5.60 Å². The standard InChI is InChI=1S/C12H11NO/c14-12(4-5-12)11-2-1-10-8-13-6-3-9(10)7-11/h1-3,6-8,14H,4-5H2. The van der Waals surface area contributed by atoms with Crippen LogP contribution < -0.4 is 0 Å². The van der Waals surface area contributed by atoms with Gasteiger partial charge in [0.1, 0.15) is 0 Å². The van der Waals surface area contributed by atoms with Crippen molar-refractivity contribution in [2.75, 3.05) is 0 Å². The molecule has 1 aliphatic carbocycles. The van der Waals surface area contributed by atoms with Crippen molar-refractivity contribution in [1.29, 1.82) is 0 Å². The molecule has 0 bridgehead atoms. The minimum absolute atomic E-state index is 0.530. The molecule has 0 unspecified atom stereocenters. The monoisotopic (exact) mass is 185 g/mol. The normalized spacial score (nSPS) is 18.4. The molecule has 1 fully saturated rings. The third-order valence-electron chi connectivity index (χ3n) is 2.90. The molecule has 3 rings (SSSR count). The Morgan fingerprint density at radius 1 is 1.14 bits per heavy atom. The fourth-order valence-electron chi connectivity index (χ4n) is 1.78. The van der Waals surface area contributed by atoms with Gasteiger partial charge in [-0.05, 0) is 35.9 Å². The van der Waals surface area contributed by atoms with Gasteiger partial charge in [0.2, 0.25) is 0 Å². The van der Waals surface area contributed by atoms with E-state index >= 15 is 0 Å². The molecule has 0 aliphatic heterocycles. The number of aromatic nitrogens is 1. The Hall–Kier alpha value is -1.41. The van der Waals surface area contributed by atoms with Crippen molar-refractivity contribution in [3.63, 3.8) is 0 Å². The van der Waals surface area contributed by atoms with E-state index in [1.54, 1.807) is 6.20 Å². The predicted molar refractivity (Wildman–Crippen MR) is 54.9 cm³/mol. The number of fused-ring (bicyclic) bond motifs is 1. The van der Waals surface area contributed by atoms with Gasteiger partial charge in [-0.3, -0.25) is 4.98 Å². The molecule has 1 aromatic carbocycles. The van der Waals surface area contributed by atoms with Gasteiger partial charge >= 0.3 is 0 Å². The van der Waals surface area contributed by atoms with E-state index in [0.29, 0.717) is 0 Å². The number of rotatable bonds is 1. The number of aliphatic hydroxyl groups is 1. The molecule has 70 valence electrons. The van der Waals surface area contributed by atoms with Gasteiger partial charge in [0.25, 0.3) is 0 Å². The fourth-order valence-corrected chi connectivity index (χ4v) is 1.78. The van der Waals surface area contributed by atoms with Crippen LogP contribution in [0.25, 0.3) is 10.8 Å². The molecule has 14 heavy (non-hydrogen) atoms. The van der Waals surface area contributed by atoms with Crippen molar-refractivity contribution in [3.8, 4) is 0 Å². The lowest BCUT2D eigenvalue weighted by molar-refractivity contribution is 0.151. The van der Waals surface area contributed by atoms with Gasteiger partial charge in [0, 0.05) is 17.8 Å². The third kappa shape index (κ3) is 1.11. The molecule has 0 amide bonds. The summed E-state index contributed by atoms with van der Waals surface area (Å²) in [6.45, 7) is 0. The van der Waals surface area contributed by atoms with Crippen LogP contribution in [0.3, 0.4) is 0 Å². The van der Waals surface area contributed by atoms with Gasteiger partial charge in [-0.2, -0.15) is 0 Å². The minimum atomic E-state index is -0.530. The van der Waals surface area contributed by atoms with Crippen molar-refractivity contribution in [3.05, 3.63) is 42.2 Å². The van der Waals surface area contributed by atoms with Crippen molar-refractivity contribution in [2.24, 2.45) is 0 Å². The Labute approximate surface area is 82.2 Å². The zero-order chi connectivity index (χ0) is 9.60. The molecule has 2 aromatic rings. The number of benzene rings is 1. The topological polar surface area (TPSA) is 33.1 Å². The number of hydrogen-bond acceptors (Lipinski definition) is 2. The molecule has 2 nitrogen and oxygen atoms in total. The number of nitrogens with zero attached hydrogens (tertiary/aromatic N) is 1. The summed E-state index contributed by atoms with van der Waals surface area (Å²) in [5.41, 5.74) is 0.508. The summed E-state index contributed by atoms with van der Waals surface area (Å²) in [5.74, 6) is 0. The Balaban J connectivity index is 2.20. The van der Waals surface area contributed by atoms with E-state index in [0.717, 1.165) is 29.2 Å². The first kappa shape index (κ1) is 7.94. The van der Waals surface area contributed by atoms with E-state index in [9.17, 15) is 5.11 Å². The number of hydrogen-bond donors (Lipinski definition) is 1. The van der Waals surface area contributed by atoms with Crippen LogP contribution in [0.5, 0.6) is 0 Å². The maximum atomic E-state index is 9.94. The smallest absolute Gasteiger partial charge is 0.0899 e. The fraction of sp³-hybridized carbons (Fsp3) is 0.250. The first-order chi connectivity index (χ1) is 6.78. The summed E-state index contributed by atoms with van der Waals surface area (Å²) in [6.07, 6.45) is 5.41. The summed E-state index contributed by atoms with van der Waals surface area (Å²) in [4.78, 5) is 4.06. The SMILES string of the molecule is OC1(c2ccc3cnccc3c2)CC1. The second-order valence-corrected chi connectivity index (χ2v) is 3.97. The summed E-state index contributed by atoms with van der Waals surface area (Å²) in [7, 11) is 0. The molecule has 0 atom stereocenters. The van der Waals surface area contributed by atoms with Crippen molar-refractivity contribution >= 4 is 10.8 Å². The molecule has 1 aliphatic rings. The Kier molecular flexibility index (Phi) is 1.45. The lowest BCUT2D eigenvalue weighted by Crippen LogP contribution is -2.03. The average molecular weight is 185 g/mol. The molecule has 1 aromatic heterocycles. The first-order valence-electron chi connectivity index (χ1n) is 4.85. The maximum Gasteiger partial charge on any atom is 0.0899 e. The summed E-state index contributed by atoms with van der Waals surface area (Å²) >= 11 is 0. The van der Waals surface area contributed by atoms with Crippen molar-refractivity contribution in [2.45, 2.75) is 18.4 Å². The zero-order valence-corrected chi connectivity index (χ0v) is 7.77. The highest BCUT2D eigenvalue weighted by Crippen LogP contribution is 2.45. The molecule has 1 saturated carbocycles. The molecule has 0 radical (unpaired) electrons. The van der Waals surface area contributed by atoms with Crippen LogP contribution >= 0.6 is 0 Å². The highest BCUT2D eigenvalue weighted by Gasteiger charge is 2.41. The van der Waals surface area contributed by atoms with E-state index in [4.69, 9.17) is 0 Å². The van der Waals surface area contributed by atoms with Crippen LogP contribution in [0.1, 0.15) is 18.4 Å². The van der Waals surface area contributed by atoms with Crippen LogP contribution in [0.15, 0.2) is 36.7 Å². The lowest BCUT2D eigenvalue weighted by atomic mass is 10.0. The van der Waals surface area contributed by atoms with Crippen LogP contribution in [0.4, 0.5) is 0 Å². The second-order valence-electron chi connectivity index (χ2n) is 3.97. The highest BCUT2D eigenvalue weighted by molar-refractivity contribution is 5.82. The van der Waals surface area contributed by atoms with Gasteiger partial charge in [0.05, 0.1) is 5.60 Å². The molecular formula is C12H11NO. The maximum absolute atomic E-state index is 9.94. The predicted octanol–water partition coefficient (Wildman–Crippen LogP) is 2.22. The Morgan fingerprint density at radius 3 is 2.79 bits per heavy atom. The van der Waals surface area contributed by atoms with Crippen molar-refractivity contribution in [1.82, 2.24) is 4.98 Å². The average Bonchev–Trinajstić information content (AvgIpc) is 2.97. The van der Waals surface area contributed by atoms with Gasteiger partial charge in [-0.1, -0.05) is 12.1 Å².